The third kappa shape index (κ3) is 4.36. The summed E-state index contributed by atoms with van der Waals surface area (Å²) < 4.78 is 6.36. The molecule has 1 aromatic carbocycles. The number of benzene rings is 1. The standard InChI is InChI=1S/C13H10BrN3OS/c1-17(2)13(19)18-12-6-11(14)4-3-10(12)5-9(7-15)8-16/h3-6H,1-2H3. The summed E-state index contributed by atoms with van der Waals surface area (Å²) in [6, 6.07) is 8.88. The van der Waals surface area contributed by atoms with Gasteiger partial charge in [0, 0.05) is 24.1 Å². The Labute approximate surface area is 125 Å². The molecule has 4 nitrogen and oxygen atoms in total. The molecular weight excluding hydrogens is 326 g/mol. The van der Waals surface area contributed by atoms with Crippen LogP contribution in [0.25, 0.3) is 6.08 Å². The Kier molecular flexibility index (Phi) is 5.50. The highest BCUT2D eigenvalue weighted by Crippen LogP contribution is 2.26. The van der Waals surface area contributed by atoms with E-state index in [9.17, 15) is 0 Å². The van der Waals surface area contributed by atoms with Crippen molar-refractivity contribution in [1.29, 1.82) is 10.5 Å². The maximum absolute atomic E-state index is 8.78. The number of hydrogen-bond donors (Lipinski definition) is 0. The van der Waals surface area contributed by atoms with Crippen LogP contribution in [0.4, 0.5) is 0 Å². The molecule has 0 radical (unpaired) electrons. The smallest absolute Gasteiger partial charge is 0.264 e. The van der Waals surface area contributed by atoms with Gasteiger partial charge in [0.05, 0.1) is 0 Å². The first-order chi connectivity index (χ1) is 8.97. The third-order valence-corrected chi connectivity index (χ3v) is 3.02. The topological polar surface area (TPSA) is 60.0 Å². The molecule has 0 spiro atoms. The van der Waals surface area contributed by atoms with Crippen LogP contribution in [-0.4, -0.2) is 24.2 Å². The van der Waals surface area contributed by atoms with Crippen LogP contribution in [0.1, 0.15) is 5.56 Å². The van der Waals surface area contributed by atoms with Crippen molar-refractivity contribution < 1.29 is 4.74 Å². The minimum atomic E-state index is 0.00273. The van der Waals surface area contributed by atoms with Gasteiger partial charge in [-0.25, -0.2) is 0 Å². The Hall–Kier alpha value is -1.89. The van der Waals surface area contributed by atoms with Crippen molar-refractivity contribution in [2.24, 2.45) is 0 Å². The molecule has 0 aliphatic rings. The van der Waals surface area contributed by atoms with E-state index in [1.54, 1.807) is 37.2 Å². The van der Waals surface area contributed by atoms with Crippen molar-refractivity contribution in [1.82, 2.24) is 4.90 Å². The van der Waals surface area contributed by atoms with Gasteiger partial charge in [-0.15, -0.1) is 0 Å². The number of thiocarbonyl (C=S) groups is 1. The summed E-state index contributed by atoms with van der Waals surface area (Å²) in [6.07, 6.45) is 1.46. The molecule has 0 atom stereocenters. The second kappa shape index (κ2) is 6.89. The van der Waals surface area contributed by atoms with E-state index in [0.717, 1.165) is 4.47 Å². The van der Waals surface area contributed by atoms with Crippen molar-refractivity contribution in [3.63, 3.8) is 0 Å². The summed E-state index contributed by atoms with van der Waals surface area (Å²) in [6.45, 7) is 0. The van der Waals surface area contributed by atoms with Crippen molar-refractivity contribution in [3.8, 4) is 17.9 Å². The summed E-state index contributed by atoms with van der Waals surface area (Å²) in [5.41, 5.74) is 0.619. The summed E-state index contributed by atoms with van der Waals surface area (Å²) in [5, 5.41) is 17.9. The molecule has 0 heterocycles. The molecule has 0 N–H and O–H groups in total. The molecule has 0 fully saturated rings. The second-order valence-electron chi connectivity index (χ2n) is 3.73. The largest absolute Gasteiger partial charge is 0.431 e. The lowest BCUT2D eigenvalue weighted by atomic mass is 10.1. The number of halogens is 1. The van der Waals surface area contributed by atoms with E-state index in [4.69, 9.17) is 27.5 Å². The third-order valence-electron chi connectivity index (χ3n) is 2.08. The average molecular weight is 336 g/mol. The Morgan fingerprint density at radius 2 is 2.00 bits per heavy atom. The summed E-state index contributed by atoms with van der Waals surface area (Å²) in [5.74, 6) is 0.482. The van der Waals surface area contributed by atoms with E-state index in [-0.39, 0.29) is 5.57 Å². The first kappa shape index (κ1) is 15.2. The van der Waals surface area contributed by atoms with E-state index in [2.05, 4.69) is 15.9 Å². The fraction of sp³-hybridized carbons (Fsp3) is 0.154. The van der Waals surface area contributed by atoms with E-state index in [0.29, 0.717) is 16.5 Å². The van der Waals surface area contributed by atoms with Gasteiger partial charge >= 0.3 is 0 Å². The van der Waals surface area contributed by atoms with Crippen LogP contribution in [0.2, 0.25) is 0 Å². The van der Waals surface area contributed by atoms with Crippen LogP contribution in [-0.2, 0) is 0 Å². The van der Waals surface area contributed by atoms with Crippen molar-refractivity contribution >= 4 is 39.4 Å². The molecule has 0 amide bonds. The highest BCUT2D eigenvalue weighted by atomic mass is 79.9. The quantitative estimate of drug-likeness (QED) is 0.613. The number of nitriles is 2. The molecule has 96 valence electrons. The minimum absolute atomic E-state index is 0.00273. The predicted molar refractivity (Wildman–Crippen MR) is 80.3 cm³/mol. The summed E-state index contributed by atoms with van der Waals surface area (Å²) in [4.78, 5) is 1.65. The fourth-order valence-corrected chi connectivity index (χ4v) is 1.58. The van der Waals surface area contributed by atoms with Crippen molar-refractivity contribution in [3.05, 3.63) is 33.8 Å². The molecule has 1 rings (SSSR count). The molecular formula is C13H10BrN3OS. The maximum atomic E-state index is 8.78. The SMILES string of the molecule is CN(C)C(=S)Oc1cc(Br)ccc1C=C(C#N)C#N. The highest BCUT2D eigenvalue weighted by molar-refractivity contribution is 9.10. The normalized spacial score (nSPS) is 8.89. The predicted octanol–water partition coefficient (Wildman–Crippen LogP) is 3.10. The van der Waals surface area contributed by atoms with Gasteiger partial charge in [0.15, 0.2) is 0 Å². The fourth-order valence-electron chi connectivity index (χ4n) is 1.15. The van der Waals surface area contributed by atoms with Crippen LogP contribution >= 0.6 is 28.1 Å². The zero-order valence-electron chi connectivity index (χ0n) is 10.3. The Morgan fingerprint density at radius 1 is 1.37 bits per heavy atom. The molecule has 0 aliphatic heterocycles. The maximum Gasteiger partial charge on any atom is 0.264 e. The lowest BCUT2D eigenvalue weighted by Gasteiger charge is -2.15. The molecule has 0 saturated carbocycles. The number of allylic oxidation sites excluding steroid dienone is 1. The number of nitrogens with zero attached hydrogens (tertiary/aromatic N) is 3. The van der Waals surface area contributed by atoms with Gasteiger partial charge in [-0.05, 0) is 30.4 Å². The van der Waals surface area contributed by atoms with E-state index >= 15 is 0 Å². The van der Waals surface area contributed by atoms with E-state index < -0.39 is 0 Å². The van der Waals surface area contributed by atoms with Crippen LogP contribution in [0.15, 0.2) is 28.2 Å². The molecule has 0 unspecified atom stereocenters. The van der Waals surface area contributed by atoms with Gasteiger partial charge < -0.3 is 9.64 Å². The molecule has 0 saturated heterocycles. The molecule has 1 aromatic rings. The molecule has 19 heavy (non-hydrogen) atoms. The van der Waals surface area contributed by atoms with Gasteiger partial charge in [0.2, 0.25) is 0 Å². The van der Waals surface area contributed by atoms with E-state index in [1.165, 1.54) is 6.08 Å². The average Bonchev–Trinajstić information content (AvgIpc) is 2.37. The molecule has 6 heteroatoms. The Morgan fingerprint density at radius 3 is 2.53 bits per heavy atom. The highest BCUT2D eigenvalue weighted by Gasteiger charge is 2.08. The summed E-state index contributed by atoms with van der Waals surface area (Å²) in [7, 11) is 3.54. The van der Waals surface area contributed by atoms with Crippen molar-refractivity contribution in [2.75, 3.05) is 14.1 Å². The van der Waals surface area contributed by atoms with Crippen LogP contribution in [0, 0.1) is 22.7 Å². The van der Waals surface area contributed by atoms with Gasteiger partial charge in [-0.2, -0.15) is 10.5 Å². The monoisotopic (exact) mass is 335 g/mol. The van der Waals surface area contributed by atoms with Crippen LogP contribution in [0.3, 0.4) is 0 Å². The van der Waals surface area contributed by atoms with Crippen LogP contribution < -0.4 is 4.74 Å². The number of ether oxygens (including phenoxy) is 1. The molecule has 0 aromatic heterocycles. The van der Waals surface area contributed by atoms with Gasteiger partial charge in [0.25, 0.3) is 5.17 Å². The minimum Gasteiger partial charge on any atom is -0.431 e. The van der Waals surface area contributed by atoms with E-state index in [1.807, 2.05) is 12.1 Å². The second-order valence-corrected chi connectivity index (χ2v) is 4.99. The first-order valence-electron chi connectivity index (χ1n) is 5.18. The molecule has 0 aliphatic carbocycles. The lowest BCUT2D eigenvalue weighted by molar-refractivity contribution is 0.448. The Balaban J connectivity index is 3.20. The Bertz CT molecular complexity index is 595. The number of rotatable bonds is 2. The zero-order valence-corrected chi connectivity index (χ0v) is 12.7. The van der Waals surface area contributed by atoms with Crippen molar-refractivity contribution in [2.45, 2.75) is 0 Å². The molecule has 0 bridgehead atoms. The van der Waals surface area contributed by atoms with Gasteiger partial charge in [-0.1, -0.05) is 22.0 Å². The van der Waals surface area contributed by atoms with Gasteiger partial charge in [-0.3, -0.25) is 0 Å². The zero-order chi connectivity index (χ0) is 14.4. The lowest BCUT2D eigenvalue weighted by Crippen LogP contribution is -2.25. The van der Waals surface area contributed by atoms with Gasteiger partial charge in [0.1, 0.15) is 23.5 Å². The summed E-state index contributed by atoms with van der Waals surface area (Å²) >= 11 is 8.41. The number of hydrogen-bond acceptors (Lipinski definition) is 4. The van der Waals surface area contributed by atoms with Crippen LogP contribution in [0.5, 0.6) is 5.75 Å². The first-order valence-corrected chi connectivity index (χ1v) is 6.38.